The predicted molar refractivity (Wildman–Crippen MR) is 92.2 cm³/mol. The van der Waals surface area contributed by atoms with E-state index in [1.54, 1.807) is 24.3 Å². The topological polar surface area (TPSA) is 63.2 Å². The van der Waals surface area contributed by atoms with Gasteiger partial charge in [0.05, 0.1) is 21.3 Å². The number of fused-ring (bicyclic) bond motifs is 1. The number of hydrogen-bond acceptors (Lipinski definition) is 6. The highest BCUT2D eigenvalue weighted by Crippen LogP contribution is 2.44. The number of rotatable bonds is 6. The number of ketones is 1. The van der Waals surface area contributed by atoms with E-state index in [0.717, 1.165) is 5.56 Å². The summed E-state index contributed by atoms with van der Waals surface area (Å²) in [7, 11) is 4.61. The van der Waals surface area contributed by atoms with Crippen LogP contribution in [0.15, 0.2) is 36.9 Å². The van der Waals surface area contributed by atoms with Crippen LogP contribution in [0, 0.1) is 0 Å². The van der Waals surface area contributed by atoms with Crippen LogP contribution in [-0.4, -0.2) is 33.9 Å². The van der Waals surface area contributed by atoms with Gasteiger partial charge in [0.2, 0.25) is 12.5 Å². The zero-order valence-electron chi connectivity index (χ0n) is 14.3. The predicted octanol–water partition coefficient (Wildman–Crippen LogP) is 3.48. The Morgan fingerprint density at radius 2 is 1.60 bits per heavy atom. The molecule has 0 fully saturated rings. The summed E-state index contributed by atoms with van der Waals surface area (Å²) in [5.41, 5.74) is 1.83. The molecule has 0 bridgehead atoms. The Morgan fingerprint density at radius 1 is 1.00 bits per heavy atom. The molecular weight excluding hydrogens is 324 g/mol. The molecule has 6 nitrogen and oxygen atoms in total. The number of carbonyl (C=O) groups is 1. The largest absolute Gasteiger partial charge is 0.493 e. The standard InChI is InChI=1S/C19H18O6/c1-5-14(20)13-9-16-15(24-10-25-16)8-12(13)11-6-17(21-2)19(23-4)18(7-11)22-3/h5-9H,1,10H2,2-4H3. The summed E-state index contributed by atoms with van der Waals surface area (Å²) in [6, 6.07) is 6.97. The summed E-state index contributed by atoms with van der Waals surface area (Å²) in [5, 5.41) is 0. The number of allylic oxidation sites excluding steroid dienone is 1. The molecule has 1 aliphatic rings. The van der Waals surface area contributed by atoms with Crippen molar-refractivity contribution >= 4 is 5.78 Å². The van der Waals surface area contributed by atoms with Gasteiger partial charge in [-0.25, -0.2) is 0 Å². The van der Waals surface area contributed by atoms with Gasteiger partial charge < -0.3 is 23.7 Å². The minimum atomic E-state index is -0.220. The number of carbonyl (C=O) groups excluding carboxylic acids is 1. The molecule has 0 amide bonds. The number of benzene rings is 2. The van der Waals surface area contributed by atoms with Crippen molar-refractivity contribution in [1.29, 1.82) is 0 Å². The number of ether oxygens (including phenoxy) is 5. The Hall–Kier alpha value is -3.15. The first-order valence-corrected chi connectivity index (χ1v) is 7.53. The minimum absolute atomic E-state index is 0.121. The highest BCUT2D eigenvalue weighted by molar-refractivity contribution is 6.09. The molecule has 3 rings (SSSR count). The smallest absolute Gasteiger partial charge is 0.231 e. The Morgan fingerprint density at radius 3 is 2.12 bits per heavy atom. The van der Waals surface area contributed by atoms with Gasteiger partial charge in [0.15, 0.2) is 28.8 Å². The summed E-state index contributed by atoms with van der Waals surface area (Å²) in [4.78, 5) is 12.3. The van der Waals surface area contributed by atoms with Gasteiger partial charge in [-0.05, 0) is 41.5 Å². The lowest BCUT2D eigenvalue weighted by molar-refractivity contribution is 0.104. The van der Waals surface area contributed by atoms with Gasteiger partial charge >= 0.3 is 0 Å². The van der Waals surface area contributed by atoms with Gasteiger partial charge in [0.1, 0.15) is 0 Å². The Bertz CT molecular complexity index is 815. The maximum Gasteiger partial charge on any atom is 0.231 e. The van der Waals surface area contributed by atoms with Crippen molar-refractivity contribution in [2.45, 2.75) is 0 Å². The molecule has 2 aromatic rings. The second-order valence-electron chi connectivity index (χ2n) is 5.23. The average molecular weight is 342 g/mol. The van der Waals surface area contributed by atoms with Crippen LogP contribution in [0.1, 0.15) is 10.4 Å². The van der Waals surface area contributed by atoms with Crippen molar-refractivity contribution in [3.8, 4) is 39.9 Å². The lowest BCUT2D eigenvalue weighted by Gasteiger charge is -2.16. The molecule has 6 heteroatoms. The fourth-order valence-corrected chi connectivity index (χ4v) is 2.73. The fraction of sp³-hybridized carbons (Fsp3) is 0.211. The number of hydrogen-bond donors (Lipinski definition) is 0. The summed E-state index contributed by atoms with van der Waals surface area (Å²) in [6.07, 6.45) is 1.26. The van der Waals surface area contributed by atoms with Gasteiger partial charge in [-0.1, -0.05) is 6.58 Å². The highest BCUT2D eigenvalue weighted by atomic mass is 16.7. The second kappa shape index (κ2) is 6.76. The molecule has 0 N–H and O–H groups in total. The van der Waals surface area contributed by atoms with Crippen LogP contribution in [0.3, 0.4) is 0 Å². The van der Waals surface area contributed by atoms with Crippen LogP contribution in [0.4, 0.5) is 0 Å². The zero-order chi connectivity index (χ0) is 18.0. The van der Waals surface area contributed by atoms with Crippen LogP contribution < -0.4 is 23.7 Å². The van der Waals surface area contributed by atoms with E-state index in [1.807, 2.05) is 0 Å². The molecule has 0 radical (unpaired) electrons. The van der Waals surface area contributed by atoms with Crippen molar-refractivity contribution in [3.63, 3.8) is 0 Å². The van der Waals surface area contributed by atoms with E-state index in [-0.39, 0.29) is 12.6 Å². The average Bonchev–Trinajstić information content (AvgIpc) is 3.12. The molecule has 25 heavy (non-hydrogen) atoms. The minimum Gasteiger partial charge on any atom is -0.493 e. The quantitative estimate of drug-likeness (QED) is 0.592. The molecule has 0 aromatic heterocycles. The Balaban J connectivity index is 2.25. The highest BCUT2D eigenvalue weighted by Gasteiger charge is 2.22. The first-order chi connectivity index (χ1) is 12.1. The molecule has 1 aliphatic heterocycles. The molecule has 0 aliphatic carbocycles. The third-order valence-electron chi connectivity index (χ3n) is 3.94. The maximum atomic E-state index is 12.3. The van der Waals surface area contributed by atoms with Crippen LogP contribution >= 0.6 is 0 Å². The van der Waals surface area contributed by atoms with Crippen molar-refractivity contribution in [2.24, 2.45) is 0 Å². The van der Waals surface area contributed by atoms with Crippen LogP contribution in [0.25, 0.3) is 11.1 Å². The van der Waals surface area contributed by atoms with Crippen LogP contribution in [0.2, 0.25) is 0 Å². The van der Waals surface area contributed by atoms with Gasteiger partial charge in [-0.3, -0.25) is 4.79 Å². The SMILES string of the molecule is C=CC(=O)c1cc2c(cc1-c1cc(OC)c(OC)c(OC)c1)OCO2. The van der Waals surface area contributed by atoms with Crippen molar-refractivity contribution in [1.82, 2.24) is 0 Å². The third kappa shape index (κ3) is 2.87. The number of methoxy groups -OCH3 is 3. The molecule has 0 unspecified atom stereocenters. The van der Waals surface area contributed by atoms with Gasteiger partial charge in [0.25, 0.3) is 0 Å². The molecule has 0 saturated carbocycles. The lowest BCUT2D eigenvalue weighted by Crippen LogP contribution is -2.00. The summed E-state index contributed by atoms with van der Waals surface area (Å²) < 4.78 is 26.9. The van der Waals surface area contributed by atoms with Crippen LogP contribution in [-0.2, 0) is 0 Å². The zero-order valence-corrected chi connectivity index (χ0v) is 14.3. The molecule has 0 atom stereocenters. The van der Waals surface area contributed by atoms with Gasteiger partial charge in [0, 0.05) is 5.56 Å². The molecule has 0 saturated heterocycles. The van der Waals surface area contributed by atoms with E-state index in [0.29, 0.717) is 39.9 Å². The molecule has 1 heterocycles. The molecule has 0 spiro atoms. The van der Waals surface area contributed by atoms with Crippen LogP contribution in [0.5, 0.6) is 28.7 Å². The first-order valence-electron chi connectivity index (χ1n) is 7.53. The third-order valence-corrected chi connectivity index (χ3v) is 3.94. The van der Waals surface area contributed by atoms with Gasteiger partial charge in [-0.15, -0.1) is 0 Å². The Labute approximate surface area is 145 Å². The van der Waals surface area contributed by atoms with E-state index in [1.165, 1.54) is 27.4 Å². The summed E-state index contributed by atoms with van der Waals surface area (Å²) in [6.45, 7) is 3.69. The van der Waals surface area contributed by atoms with Gasteiger partial charge in [-0.2, -0.15) is 0 Å². The van der Waals surface area contributed by atoms with E-state index < -0.39 is 0 Å². The summed E-state index contributed by atoms with van der Waals surface area (Å²) >= 11 is 0. The van der Waals surface area contributed by atoms with E-state index in [4.69, 9.17) is 23.7 Å². The van der Waals surface area contributed by atoms with Crippen molar-refractivity contribution < 1.29 is 28.5 Å². The molecule has 2 aromatic carbocycles. The maximum absolute atomic E-state index is 12.3. The molecular formula is C19H18O6. The Kier molecular flexibility index (Phi) is 4.52. The van der Waals surface area contributed by atoms with Crippen molar-refractivity contribution in [3.05, 3.63) is 42.5 Å². The van der Waals surface area contributed by atoms with E-state index >= 15 is 0 Å². The first kappa shape index (κ1) is 16.7. The van der Waals surface area contributed by atoms with Crippen molar-refractivity contribution in [2.75, 3.05) is 28.1 Å². The monoisotopic (exact) mass is 342 g/mol. The fourth-order valence-electron chi connectivity index (χ4n) is 2.73. The lowest BCUT2D eigenvalue weighted by atomic mass is 9.95. The van der Waals surface area contributed by atoms with E-state index in [9.17, 15) is 4.79 Å². The molecule has 130 valence electrons. The second-order valence-corrected chi connectivity index (χ2v) is 5.23. The normalized spacial score (nSPS) is 11.8. The van der Waals surface area contributed by atoms with E-state index in [2.05, 4.69) is 6.58 Å². The summed E-state index contributed by atoms with van der Waals surface area (Å²) in [5.74, 6) is 2.34.